The van der Waals surface area contributed by atoms with Gasteiger partial charge in [0.2, 0.25) is 5.88 Å². The van der Waals surface area contributed by atoms with E-state index in [1.165, 1.54) is 0 Å². The van der Waals surface area contributed by atoms with Gasteiger partial charge in [0.05, 0.1) is 13.3 Å². The monoisotopic (exact) mass is 314 g/mol. The Morgan fingerprint density at radius 2 is 1.87 bits per heavy atom. The second-order valence-electron chi connectivity index (χ2n) is 5.76. The van der Waals surface area contributed by atoms with Crippen LogP contribution in [0.3, 0.4) is 0 Å². The summed E-state index contributed by atoms with van der Waals surface area (Å²) in [6, 6.07) is 3.72. The lowest BCUT2D eigenvalue weighted by atomic mass is 10.1. The van der Waals surface area contributed by atoms with Gasteiger partial charge in [-0.25, -0.2) is 15.0 Å². The summed E-state index contributed by atoms with van der Waals surface area (Å²) < 4.78 is 11.1. The lowest BCUT2D eigenvalue weighted by Crippen LogP contribution is -2.39. The first-order chi connectivity index (χ1) is 11.2. The van der Waals surface area contributed by atoms with Gasteiger partial charge in [0, 0.05) is 43.8 Å². The van der Waals surface area contributed by atoms with Crippen LogP contribution in [0.2, 0.25) is 0 Å². The zero-order valence-electron chi connectivity index (χ0n) is 13.8. The molecule has 23 heavy (non-hydrogen) atoms. The Labute approximate surface area is 136 Å². The number of methoxy groups -OCH3 is 1. The first kappa shape index (κ1) is 15.5. The van der Waals surface area contributed by atoms with Gasteiger partial charge in [-0.3, -0.25) is 0 Å². The average molecular weight is 314 g/mol. The van der Waals surface area contributed by atoms with Crippen molar-refractivity contribution in [3.8, 4) is 11.6 Å². The Morgan fingerprint density at radius 1 is 1.09 bits per heavy atom. The van der Waals surface area contributed by atoms with Crippen molar-refractivity contribution in [3.63, 3.8) is 0 Å². The van der Waals surface area contributed by atoms with Crippen LogP contribution in [0.4, 0.5) is 5.82 Å². The molecule has 1 aliphatic heterocycles. The number of ether oxygens (including phenoxy) is 2. The number of aryl methyl sites for hydroxylation is 2. The molecule has 0 aliphatic carbocycles. The minimum Gasteiger partial charge on any atom is -0.489 e. The fraction of sp³-hybridized carbons (Fsp3) is 0.471. The number of rotatable bonds is 4. The van der Waals surface area contributed by atoms with E-state index in [1.807, 2.05) is 25.3 Å². The van der Waals surface area contributed by atoms with Gasteiger partial charge in [0.1, 0.15) is 23.5 Å². The fourth-order valence-electron chi connectivity index (χ4n) is 2.77. The summed E-state index contributed by atoms with van der Waals surface area (Å²) in [7, 11) is 1.61. The lowest BCUT2D eigenvalue weighted by molar-refractivity contribution is 0.169. The van der Waals surface area contributed by atoms with Crippen molar-refractivity contribution < 1.29 is 9.47 Å². The number of aromatic nitrogens is 3. The molecule has 0 N–H and O–H groups in total. The van der Waals surface area contributed by atoms with E-state index in [2.05, 4.69) is 26.8 Å². The molecule has 3 rings (SSSR count). The van der Waals surface area contributed by atoms with E-state index in [9.17, 15) is 0 Å². The van der Waals surface area contributed by atoms with Crippen LogP contribution in [-0.4, -0.2) is 41.3 Å². The van der Waals surface area contributed by atoms with Gasteiger partial charge in [-0.2, -0.15) is 0 Å². The maximum Gasteiger partial charge on any atom is 0.213 e. The highest BCUT2D eigenvalue weighted by atomic mass is 16.5. The molecule has 0 unspecified atom stereocenters. The van der Waals surface area contributed by atoms with Crippen LogP contribution >= 0.6 is 0 Å². The molecule has 1 aliphatic rings. The fourth-order valence-corrected chi connectivity index (χ4v) is 2.77. The van der Waals surface area contributed by atoms with E-state index >= 15 is 0 Å². The molecule has 122 valence electrons. The Bertz CT molecular complexity index is 652. The van der Waals surface area contributed by atoms with E-state index < -0.39 is 0 Å². The van der Waals surface area contributed by atoms with Gasteiger partial charge < -0.3 is 14.4 Å². The minimum atomic E-state index is 0.213. The first-order valence-electron chi connectivity index (χ1n) is 7.87. The molecule has 6 nitrogen and oxygen atoms in total. The Balaban J connectivity index is 1.58. The van der Waals surface area contributed by atoms with Gasteiger partial charge in [-0.1, -0.05) is 0 Å². The molecule has 2 aromatic rings. The standard InChI is InChI=1S/C17H22N4O2/c1-12-10-18-13(2)20-17(12)21-8-6-14(7-9-21)23-15-4-5-16(22-3)19-11-15/h4-5,10-11,14H,6-9H2,1-3H3. The molecular weight excluding hydrogens is 292 g/mol. The van der Waals surface area contributed by atoms with Crippen molar-refractivity contribution in [1.29, 1.82) is 0 Å². The zero-order chi connectivity index (χ0) is 16.2. The maximum atomic E-state index is 6.02. The van der Waals surface area contributed by atoms with Crippen molar-refractivity contribution in [2.75, 3.05) is 25.1 Å². The molecule has 0 saturated carbocycles. The molecule has 0 radical (unpaired) electrons. The normalized spacial score (nSPS) is 15.5. The van der Waals surface area contributed by atoms with Crippen LogP contribution in [0.25, 0.3) is 0 Å². The number of pyridine rings is 1. The van der Waals surface area contributed by atoms with E-state index in [-0.39, 0.29) is 6.10 Å². The number of hydrogen-bond acceptors (Lipinski definition) is 6. The molecule has 6 heteroatoms. The highest BCUT2D eigenvalue weighted by Gasteiger charge is 2.22. The maximum absolute atomic E-state index is 6.02. The summed E-state index contributed by atoms with van der Waals surface area (Å²) in [5.41, 5.74) is 1.12. The molecule has 1 saturated heterocycles. The molecule has 3 heterocycles. The molecule has 0 amide bonds. The number of anilines is 1. The highest BCUT2D eigenvalue weighted by molar-refractivity contribution is 5.45. The smallest absolute Gasteiger partial charge is 0.213 e. The van der Waals surface area contributed by atoms with E-state index in [0.29, 0.717) is 5.88 Å². The van der Waals surface area contributed by atoms with Crippen LogP contribution in [0.15, 0.2) is 24.5 Å². The summed E-state index contributed by atoms with van der Waals surface area (Å²) in [4.78, 5) is 15.3. The third-order valence-corrected chi connectivity index (χ3v) is 4.03. The SMILES string of the molecule is COc1ccc(OC2CCN(c3nc(C)ncc3C)CC2)cn1. The van der Waals surface area contributed by atoms with Crippen LogP contribution in [-0.2, 0) is 0 Å². The number of piperidine rings is 1. The Morgan fingerprint density at radius 3 is 2.52 bits per heavy atom. The summed E-state index contributed by atoms with van der Waals surface area (Å²) in [6.45, 7) is 5.85. The summed E-state index contributed by atoms with van der Waals surface area (Å²) in [5, 5.41) is 0. The minimum absolute atomic E-state index is 0.213. The van der Waals surface area contributed by atoms with Gasteiger partial charge in [-0.15, -0.1) is 0 Å². The predicted octanol–water partition coefficient (Wildman–Crippen LogP) is 2.54. The van der Waals surface area contributed by atoms with Crippen molar-refractivity contribution in [2.45, 2.75) is 32.8 Å². The Kier molecular flexibility index (Phi) is 4.60. The van der Waals surface area contributed by atoms with Gasteiger partial charge in [0.25, 0.3) is 0 Å². The van der Waals surface area contributed by atoms with Crippen molar-refractivity contribution >= 4 is 5.82 Å². The molecule has 0 spiro atoms. The summed E-state index contributed by atoms with van der Waals surface area (Å²) >= 11 is 0. The lowest BCUT2D eigenvalue weighted by Gasteiger charge is -2.33. The predicted molar refractivity (Wildman–Crippen MR) is 88.2 cm³/mol. The molecule has 0 atom stereocenters. The molecule has 0 aromatic carbocycles. The quantitative estimate of drug-likeness (QED) is 0.864. The number of nitrogens with zero attached hydrogens (tertiary/aromatic N) is 4. The third-order valence-electron chi connectivity index (χ3n) is 4.03. The van der Waals surface area contributed by atoms with Gasteiger partial charge >= 0.3 is 0 Å². The van der Waals surface area contributed by atoms with Crippen LogP contribution in [0.5, 0.6) is 11.6 Å². The first-order valence-corrected chi connectivity index (χ1v) is 7.87. The molecule has 1 fully saturated rings. The van der Waals surface area contributed by atoms with Crippen LogP contribution < -0.4 is 14.4 Å². The van der Waals surface area contributed by atoms with Gasteiger partial charge in [0.15, 0.2) is 0 Å². The zero-order valence-corrected chi connectivity index (χ0v) is 13.8. The largest absolute Gasteiger partial charge is 0.489 e. The van der Waals surface area contributed by atoms with Crippen molar-refractivity contribution in [1.82, 2.24) is 15.0 Å². The van der Waals surface area contributed by atoms with E-state index in [0.717, 1.165) is 48.9 Å². The van der Waals surface area contributed by atoms with E-state index in [1.54, 1.807) is 13.3 Å². The topological polar surface area (TPSA) is 60.4 Å². The number of hydrogen-bond donors (Lipinski definition) is 0. The Hall–Kier alpha value is -2.37. The molecule has 0 bridgehead atoms. The highest BCUT2D eigenvalue weighted by Crippen LogP contribution is 2.24. The van der Waals surface area contributed by atoms with Crippen molar-refractivity contribution in [3.05, 3.63) is 35.9 Å². The van der Waals surface area contributed by atoms with Gasteiger partial charge in [-0.05, 0) is 19.9 Å². The van der Waals surface area contributed by atoms with Crippen LogP contribution in [0, 0.1) is 13.8 Å². The second kappa shape index (κ2) is 6.81. The molecular formula is C17H22N4O2. The van der Waals surface area contributed by atoms with E-state index in [4.69, 9.17) is 9.47 Å². The third kappa shape index (κ3) is 3.70. The second-order valence-corrected chi connectivity index (χ2v) is 5.76. The van der Waals surface area contributed by atoms with Crippen LogP contribution in [0.1, 0.15) is 24.2 Å². The summed E-state index contributed by atoms with van der Waals surface area (Å²) in [5.74, 6) is 3.25. The average Bonchev–Trinajstić information content (AvgIpc) is 2.58. The molecule has 2 aromatic heterocycles. The summed E-state index contributed by atoms with van der Waals surface area (Å²) in [6.07, 6.45) is 5.75. The van der Waals surface area contributed by atoms with Crippen molar-refractivity contribution in [2.24, 2.45) is 0 Å².